The fourth-order valence-corrected chi connectivity index (χ4v) is 3.79. The van der Waals surface area contributed by atoms with Gasteiger partial charge in [0, 0.05) is 19.1 Å². The van der Waals surface area contributed by atoms with Crippen molar-refractivity contribution in [2.24, 2.45) is 5.73 Å². The van der Waals surface area contributed by atoms with Crippen molar-refractivity contribution in [2.45, 2.75) is 31.3 Å². The quantitative estimate of drug-likeness (QED) is 0.861. The van der Waals surface area contributed by atoms with E-state index in [0.29, 0.717) is 21.9 Å². The van der Waals surface area contributed by atoms with Crippen molar-refractivity contribution in [1.82, 2.24) is 5.32 Å². The zero-order valence-corrected chi connectivity index (χ0v) is 11.4. The molecular formula is C13H18N2O2S. The highest BCUT2D eigenvalue weighted by molar-refractivity contribution is 7.96. The van der Waals surface area contributed by atoms with Gasteiger partial charge in [0.15, 0.2) is 0 Å². The van der Waals surface area contributed by atoms with Gasteiger partial charge in [-0.25, -0.2) is 8.42 Å². The molecular weight excluding hydrogens is 248 g/mol. The lowest BCUT2D eigenvalue weighted by atomic mass is 10.1. The van der Waals surface area contributed by atoms with Crippen LogP contribution < -0.4 is 11.1 Å². The van der Waals surface area contributed by atoms with Gasteiger partial charge in [0.1, 0.15) is 0 Å². The number of hydrogen-bond acceptors (Lipinski definition) is 4. The third kappa shape index (κ3) is 2.21. The second-order valence-electron chi connectivity index (χ2n) is 4.69. The summed E-state index contributed by atoms with van der Waals surface area (Å²) >= 11 is 0. The first-order chi connectivity index (χ1) is 8.46. The van der Waals surface area contributed by atoms with Crippen LogP contribution in [0.1, 0.15) is 25.0 Å². The van der Waals surface area contributed by atoms with E-state index in [2.05, 4.69) is 5.32 Å². The lowest BCUT2D eigenvalue weighted by Gasteiger charge is -2.10. The van der Waals surface area contributed by atoms with Crippen molar-refractivity contribution in [1.29, 1.82) is 0 Å². The minimum Gasteiger partial charge on any atom is -0.326 e. The summed E-state index contributed by atoms with van der Waals surface area (Å²) in [4.78, 5) is 0.806. The maximum atomic E-state index is 12.4. The Hall–Kier alpha value is -1.17. The largest absolute Gasteiger partial charge is 0.326 e. The van der Waals surface area contributed by atoms with Gasteiger partial charge in [-0.3, -0.25) is 0 Å². The van der Waals surface area contributed by atoms with Crippen molar-refractivity contribution in [3.8, 4) is 0 Å². The molecule has 18 heavy (non-hydrogen) atoms. The summed E-state index contributed by atoms with van der Waals surface area (Å²) in [6.07, 6.45) is 1.74. The number of hydrogen-bond donors (Lipinski definition) is 2. The molecule has 3 N–H and O–H groups in total. The lowest BCUT2D eigenvalue weighted by Crippen LogP contribution is -2.26. The van der Waals surface area contributed by atoms with Crippen molar-refractivity contribution in [2.75, 3.05) is 6.54 Å². The Morgan fingerprint density at radius 3 is 2.67 bits per heavy atom. The molecule has 1 aromatic carbocycles. The molecule has 0 amide bonds. The summed E-state index contributed by atoms with van der Waals surface area (Å²) in [7, 11) is -3.37. The highest BCUT2D eigenvalue weighted by atomic mass is 32.2. The number of sulfone groups is 1. The van der Waals surface area contributed by atoms with Gasteiger partial charge in [-0.1, -0.05) is 32.0 Å². The van der Waals surface area contributed by atoms with Gasteiger partial charge >= 0.3 is 0 Å². The van der Waals surface area contributed by atoms with Crippen molar-refractivity contribution < 1.29 is 8.42 Å². The summed E-state index contributed by atoms with van der Waals surface area (Å²) in [5, 5.41) is 3.14. The normalized spacial score (nSPS) is 16.8. The molecule has 0 saturated heterocycles. The molecule has 0 fully saturated rings. The van der Waals surface area contributed by atoms with Gasteiger partial charge in [-0.15, -0.1) is 0 Å². The van der Waals surface area contributed by atoms with E-state index >= 15 is 0 Å². The van der Waals surface area contributed by atoms with Crippen LogP contribution in [0.15, 0.2) is 28.0 Å². The van der Waals surface area contributed by atoms with Crippen molar-refractivity contribution >= 4 is 15.9 Å². The third-order valence-corrected chi connectivity index (χ3v) is 4.95. The average molecular weight is 266 g/mol. The first-order valence-electron chi connectivity index (χ1n) is 5.98. The van der Waals surface area contributed by atoms with Crippen molar-refractivity contribution in [3.05, 3.63) is 34.2 Å². The number of benzene rings is 1. The predicted molar refractivity (Wildman–Crippen MR) is 72.6 cm³/mol. The Kier molecular flexibility index (Phi) is 3.56. The van der Waals surface area contributed by atoms with E-state index < -0.39 is 9.84 Å². The van der Waals surface area contributed by atoms with Crippen LogP contribution >= 0.6 is 0 Å². The Balaban J connectivity index is 2.41. The highest BCUT2D eigenvalue weighted by Crippen LogP contribution is 2.34. The molecule has 98 valence electrons. The van der Waals surface area contributed by atoms with Gasteiger partial charge in [0.05, 0.1) is 9.80 Å². The smallest absolute Gasteiger partial charge is 0.204 e. The van der Waals surface area contributed by atoms with Crippen LogP contribution in [0, 0.1) is 0 Å². The predicted octanol–water partition coefficient (Wildman–Crippen LogP) is 1.27. The topological polar surface area (TPSA) is 72.2 Å². The average Bonchev–Trinajstić information content (AvgIpc) is 2.58. The standard InChI is InChI=1S/C13H18N2O2S/c1-9(2)15-8-12-6-10-4-3-5-11(7-14)13(10)18(12,16)17/h3-6,9,15H,7-8,14H2,1-2H3. The van der Waals surface area contributed by atoms with E-state index in [-0.39, 0.29) is 12.6 Å². The number of fused-ring (bicyclic) bond motifs is 1. The molecule has 4 nitrogen and oxygen atoms in total. The van der Waals surface area contributed by atoms with Gasteiger partial charge in [0.25, 0.3) is 0 Å². The maximum absolute atomic E-state index is 12.4. The van der Waals surface area contributed by atoms with Crippen LogP contribution in [0.2, 0.25) is 0 Å². The molecule has 0 aromatic heterocycles. The van der Waals surface area contributed by atoms with Gasteiger partial charge < -0.3 is 11.1 Å². The monoisotopic (exact) mass is 266 g/mol. The molecule has 0 aliphatic carbocycles. The van der Waals surface area contributed by atoms with Gasteiger partial charge in [0.2, 0.25) is 9.84 Å². The minimum absolute atomic E-state index is 0.237. The molecule has 0 saturated carbocycles. The lowest BCUT2D eigenvalue weighted by molar-refractivity contribution is 0.593. The number of nitrogens with one attached hydrogen (secondary N) is 1. The summed E-state index contributed by atoms with van der Waals surface area (Å²) in [5.74, 6) is 0. The molecule has 5 heteroatoms. The summed E-state index contributed by atoms with van der Waals surface area (Å²) in [6.45, 7) is 4.57. The third-order valence-electron chi connectivity index (χ3n) is 2.96. The molecule has 0 unspecified atom stereocenters. The molecule has 2 rings (SSSR count). The van der Waals surface area contributed by atoms with E-state index in [4.69, 9.17) is 5.73 Å². The van der Waals surface area contributed by atoms with Gasteiger partial charge in [-0.05, 0) is 17.2 Å². The van der Waals surface area contributed by atoms with Crippen LogP contribution in [0.5, 0.6) is 0 Å². The van der Waals surface area contributed by atoms with E-state index in [9.17, 15) is 8.42 Å². The fraction of sp³-hybridized carbons (Fsp3) is 0.385. The summed E-state index contributed by atoms with van der Waals surface area (Å²) in [6, 6.07) is 5.67. The van der Waals surface area contributed by atoms with E-state index in [0.717, 1.165) is 5.56 Å². The van der Waals surface area contributed by atoms with E-state index in [1.807, 2.05) is 26.0 Å². The van der Waals surface area contributed by atoms with E-state index in [1.165, 1.54) is 0 Å². The molecule has 0 bridgehead atoms. The van der Waals surface area contributed by atoms with E-state index in [1.54, 1.807) is 12.1 Å². The maximum Gasteiger partial charge on any atom is 0.204 e. The minimum atomic E-state index is -3.37. The first-order valence-corrected chi connectivity index (χ1v) is 7.46. The summed E-state index contributed by atoms with van der Waals surface area (Å²) < 4.78 is 24.8. The first kappa shape index (κ1) is 13.3. The summed E-state index contributed by atoms with van der Waals surface area (Å²) in [5.41, 5.74) is 7.04. The fourth-order valence-electron chi connectivity index (χ4n) is 2.04. The molecule has 1 aliphatic heterocycles. The molecule has 0 atom stereocenters. The number of nitrogens with two attached hydrogens (primary N) is 1. The molecule has 1 aliphatic rings. The van der Waals surface area contributed by atoms with Gasteiger partial charge in [-0.2, -0.15) is 0 Å². The molecule has 1 heterocycles. The Morgan fingerprint density at radius 2 is 2.06 bits per heavy atom. The van der Waals surface area contributed by atoms with Crippen LogP contribution in [0.25, 0.3) is 6.08 Å². The Labute approximate surface area is 108 Å². The van der Waals surface area contributed by atoms with Crippen LogP contribution in [0.3, 0.4) is 0 Å². The Bertz CT molecular complexity index is 589. The second-order valence-corrected chi connectivity index (χ2v) is 6.63. The number of rotatable bonds is 4. The molecule has 1 aromatic rings. The van der Waals surface area contributed by atoms with Crippen LogP contribution in [0.4, 0.5) is 0 Å². The second kappa shape index (κ2) is 4.84. The molecule has 0 spiro atoms. The van der Waals surface area contributed by atoms with Crippen molar-refractivity contribution in [3.63, 3.8) is 0 Å². The molecule has 0 radical (unpaired) electrons. The highest BCUT2D eigenvalue weighted by Gasteiger charge is 2.31. The zero-order valence-electron chi connectivity index (χ0n) is 10.6. The Morgan fingerprint density at radius 1 is 1.33 bits per heavy atom. The van der Waals surface area contributed by atoms with Crippen LogP contribution in [-0.4, -0.2) is 21.0 Å². The SMILES string of the molecule is CC(C)NCC1=Cc2cccc(CN)c2S1(=O)=O. The van der Waals surface area contributed by atoms with Crippen LogP contribution in [-0.2, 0) is 16.4 Å². The zero-order chi connectivity index (χ0) is 13.3.